The van der Waals surface area contributed by atoms with Gasteiger partial charge in [-0.15, -0.1) is 0 Å². The minimum Gasteiger partial charge on any atom is -0.372 e. The van der Waals surface area contributed by atoms with Crippen molar-refractivity contribution in [3.05, 3.63) is 0 Å². The summed E-state index contributed by atoms with van der Waals surface area (Å²) in [5.41, 5.74) is 0. The summed E-state index contributed by atoms with van der Waals surface area (Å²) in [6, 6.07) is 0.471. The van der Waals surface area contributed by atoms with Crippen molar-refractivity contribution in [1.82, 2.24) is 30.5 Å². The third-order valence-corrected chi connectivity index (χ3v) is 9.96. The van der Waals surface area contributed by atoms with Crippen LogP contribution in [0.1, 0.15) is 73.1 Å². The Kier molecular flexibility index (Phi) is 11.7. The molecule has 3 aliphatic heterocycles. The quantitative estimate of drug-likeness (QED) is 0.261. The molecule has 0 aliphatic carbocycles. The maximum absolute atomic E-state index is 13.4. The number of amidine groups is 1. The summed E-state index contributed by atoms with van der Waals surface area (Å²) in [7, 11) is -3.38. The fourth-order valence-corrected chi connectivity index (χ4v) is 7.57. The average molecular weight is 555 g/mol. The maximum Gasteiger partial charge on any atom is 0.225 e. The van der Waals surface area contributed by atoms with E-state index in [-0.39, 0.29) is 24.0 Å². The van der Waals surface area contributed by atoms with Crippen molar-refractivity contribution >= 4 is 27.7 Å². The van der Waals surface area contributed by atoms with Gasteiger partial charge in [-0.2, -0.15) is 0 Å². The second-order valence-corrected chi connectivity index (χ2v) is 13.3. The lowest BCUT2D eigenvalue weighted by atomic mass is 9.95. The van der Waals surface area contributed by atoms with Crippen molar-refractivity contribution in [2.75, 3.05) is 45.8 Å². The van der Waals surface area contributed by atoms with E-state index < -0.39 is 15.3 Å². The van der Waals surface area contributed by atoms with Crippen LogP contribution in [0.25, 0.3) is 0 Å². The monoisotopic (exact) mass is 554 g/mol. The molecule has 3 aliphatic rings. The zero-order chi connectivity index (χ0) is 27.7. The van der Waals surface area contributed by atoms with Gasteiger partial charge in [-0.1, -0.05) is 0 Å². The summed E-state index contributed by atoms with van der Waals surface area (Å²) in [4.78, 5) is 23.9. The van der Waals surface area contributed by atoms with Gasteiger partial charge in [-0.3, -0.25) is 9.79 Å². The Morgan fingerprint density at radius 1 is 0.974 bits per heavy atom. The number of nitrogens with one attached hydrogen (secondary N) is 4. The standard InChI is InChI=1S/C26H50N8O3S/c1-6-28-26(31-21(5)30-20(4)29-19(2)3)32-23-9-17-34(18-10-23)38(36,37)24-11-15-33(16-12-24)25(35)22-7-13-27-14-8-22/h19,21-24,27H,6-18H2,1-5H3,(H,29,30)(H2,28,31,32). The predicted octanol–water partition coefficient (Wildman–Crippen LogP) is 1.09. The molecule has 3 heterocycles. The molecule has 0 aromatic carbocycles. The van der Waals surface area contributed by atoms with E-state index in [4.69, 9.17) is 0 Å². The van der Waals surface area contributed by atoms with E-state index in [9.17, 15) is 13.2 Å². The summed E-state index contributed by atoms with van der Waals surface area (Å²) in [5.74, 6) is 1.87. The van der Waals surface area contributed by atoms with Crippen LogP contribution in [-0.4, -0.2) is 105 Å². The van der Waals surface area contributed by atoms with Gasteiger partial charge in [0.1, 0.15) is 6.17 Å². The molecular weight excluding hydrogens is 504 g/mol. The number of carbonyl (C=O) groups excluding carboxylic acids is 1. The Morgan fingerprint density at radius 2 is 1.61 bits per heavy atom. The first-order chi connectivity index (χ1) is 18.1. The van der Waals surface area contributed by atoms with Crippen molar-refractivity contribution in [2.24, 2.45) is 15.9 Å². The molecule has 38 heavy (non-hydrogen) atoms. The molecule has 0 saturated carbocycles. The van der Waals surface area contributed by atoms with Crippen molar-refractivity contribution in [3.8, 4) is 0 Å². The van der Waals surface area contributed by atoms with E-state index in [1.54, 1.807) is 4.31 Å². The van der Waals surface area contributed by atoms with E-state index >= 15 is 0 Å². The lowest BCUT2D eigenvalue weighted by molar-refractivity contribution is -0.137. The predicted molar refractivity (Wildman–Crippen MR) is 154 cm³/mol. The number of guanidine groups is 1. The van der Waals surface area contributed by atoms with E-state index in [2.05, 4.69) is 45.1 Å². The molecular formula is C26H50N8O3S. The highest BCUT2D eigenvalue weighted by molar-refractivity contribution is 7.89. The van der Waals surface area contributed by atoms with Crippen LogP contribution in [0.2, 0.25) is 0 Å². The second-order valence-electron chi connectivity index (χ2n) is 11.1. The van der Waals surface area contributed by atoms with Crippen LogP contribution >= 0.6 is 0 Å². The first-order valence-corrected chi connectivity index (χ1v) is 16.0. The summed E-state index contributed by atoms with van der Waals surface area (Å²) in [6.45, 7) is 14.6. The number of hydrogen-bond acceptors (Lipinski definition) is 6. The molecule has 0 bridgehead atoms. The molecule has 11 nitrogen and oxygen atoms in total. The lowest BCUT2D eigenvalue weighted by Crippen LogP contribution is -2.53. The number of amides is 1. The summed E-state index contributed by atoms with van der Waals surface area (Å²) >= 11 is 0. The van der Waals surface area contributed by atoms with Gasteiger partial charge < -0.3 is 26.2 Å². The highest BCUT2D eigenvalue weighted by Gasteiger charge is 2.38. The third kappa shape index (κ3) is 8.81. The van der Waals surface area contributed by atoms with Gasteiger partial charge in [0.25, 0.3) is 0 Å². The molecule has 218 valence electrons. The highest BCUT2D eigenvalue weighted by Crippen LogP contribution is 2.26. The number of nitrogens with zero attached hydrogens (tertiary/aromatic N) is 4. The Balaban J connectivity index is 1.46. The van der Waals surface area contributed by atoms with Crippen LogP contribution in [0, 0.1) is 5.92 Å². The highest BCUT2D eigenvalue weighted by atomic mass is 32.2. The third-order valence-electron chi connectivity index (χ3n) is 7.56. The molecule has 4 N–H and O–H groups in total. The number of piperidine rings is 3. The Labute approximate surface area is 229 Å². The van der Waals surface area contributed by atoms with Crippen molar-refractivity contribution in [3.63, 3.8) is 0 Å². The molecule has 0 spiro atoms. The van der Waals surface area contributed by atoms with Gasteiger partial charge in [-0.25, -0.2) is 17.7 Å². The van der Waals surface area contributed by atoms with Gasteiger partial charge >= 0.3 is 0 Å². The molecule has 1 unspecified atom stereocenters. The minimum absolute atomic E-state index is 0.0853. The molecule has 1 atom stereocenters. The van der Waals surface area contributed by atoms with Gasteiger partial charge in [0, 0.05) is 50.7 Å². The summed E-state index contributed by atoms with van der Waals surface area (Å²) in [6.07, 6.45) is 4.11. The van der Waals surface area contributed by atoms with Crippen molar-refractivity contribution < 1.29 is 13.2 Å². The Morgan fingerprint density at radius 3 is 2.18 bits per heavy atom. The fourth-order valence-electron chi connectivity index (χ4n) is 5.63. The maximum atomic E-state index is 13.4. The minimum atomic E-state index is -3.38. The summed E-state index contributed by atoms with van der Waals surface area (Å²) < 4.78 is 28.5. The molecule has 3 fully saturated rings. The van der Waals surface area contributed by atoms with Crippen LogP contribution in [0.15, 0.2) is 9.98 Å². The number of sulfonamides is 1. The Hall–Kier alpha value is -1.92. The molecule has 0 aromatic rings. The van der Waals surface area contributed by atoms with E-state index in [0.717, 1.165) is 44.6 Å². The fraction of sp³-hybridized carbons (Fsp3) is 0.885. The average Bonchev–Trinajstić information content (AvgIpc) is 2.88. The largest absolute Gasteiger partial charge is 0.372 e. The number of carbonyl (C=O) groups is 1. The molecule has 3 saturated heterocycles. The number of rotatable bonds is 8. The van der Waals surface area contributed by atoms with Crippen LogP contribution < -0.4 is 21.3 Å². The normalized spacial score (nSPS) is 22.9. The molecule has 3 rings (SSSR count). The molecule has 0 radical (unpaired) electrons. The van der Waals surface area contributed by atoms with Crippen molar-refractivity contribution in [2.45, 2.75) is 96.6 Å². The van der Waals surface area contributed by atoms with Crippen molar-refractivity contribution in [1.29, 1.82) is 0 Å². The van der Waals surface area contributed by atoms with E-state index in [0.29, 0.717) is 57.6 Å². The van der Waals surface area contributed by atoms with Crippen LogP contribution in [0.4, 0.5) is 0 Å². The van der Waals surface area contributed by atoms with E-state index in [1.165, 1.54) is 0 Å². The Bertz CT molecular complexity index is 917. The van der Waals surface area contributed by atoms with Gasteiger partial charge in [-0.05, 0) is 86.2 Å². The lowest BCUT2D eigenvalue weighted by Gasteiger charge is -2.38. The number of hydrogen-bond donors (Lipinski definition) is 4. The number of likely N-dealkylation sites (tertiary alicyclic amines) is 1. The first kappa shape index (κ1) is 30.6. The molecule has 12 heteroatoms. The van der Waals surface area contributed by atoms with Crippen LogP contribution in [-0.2, 0) is 14.8 Å². The van der Waals surface area contributed by atoms with Gasteiger partial charge in [0.2, 0.25) is 15.9 Å². The topological polar surface area (TPSA) is 131 Å². The zero-order valence-electron chi connectivity index (χ0n) is 24.0. The van der Waals surface area contributed by atoms with E-state index in [1.807, 2.05) is 25.7 Å². The van der Waals surface area contributed by atoms with Gasteiger partial charge in [0.15, 0.2) is 5.96 Å². The van der Waals surface area contributed by atoms with Crippen LogP contribution in [0.5, 0.6) is 0 Å². The van der Waals surface area contributed by atoms with Crippen LogP contribution in [0.3, 0.4) is 0 Å². The number of aliphatic imine (C=N–C) groups is 2. The smallest absolute Gasteiger partial charge is 0.225 e. The zero-order valence-corrected chi connectivity index (χ0v) is 24.8. The SMILES string of the molecule is CC/N=C(/NC1CCN(S(=O)(=O)C2CCN(C(=O)C3CCNCC3)CC2)CC1)NC(C)/N=C(/C)NC(C)C. The molecule has 0 aromatic heterocycles. The second kappa shape index (κ2) is 14.5. The molecule has 1 amide bonds. The first-order valence-electron chi connectivity index (χ1n) is 14.5. The summed E-state index contributed by atoms with van der Waals surface area (Å²) in [5, 5.41) is 13.0. The van der Waals surface area contributed by atoms with Gasteiger partial charge in [0.05, 0.1) is 11.1 Å².